The summed E-state index contributed by atoms with van der Waals surface area (Å²) in [6.07, 6.45) is 1.89. The zero-order chi connectivity index (χ0) is 14.3. The number of hydrogen-bond acceptors (Lipinski definition) is 1. The Hall–Kier alpha value is -2.94. The Kier molecular flexibility index (Phi) is 1.68. The van der Waals surface area contributed by atoms with Crippen molar-refractivity contribution in [2.45, 2.75) is 6.54 Å². The molecule has 0 atom stereocenters. The highest BCUT2D eigenvalue weighted by Gasteiger charge is 2.31. The van der Waals surface area contributed by atoms with Crippen molar-refractivity contribution >= 4 is 38.5 Å². The van der Waals surface area contributed by atoms with E-state index in [4.69, 9.17) is 0 Å². The van der Waals surface area contributed by atoms with E-state index in [0.717, 1.165) is 12.1 Å². The van der Waals surface area contributed by atoms with Crippen molar-refractivity contribution in [1.29, 1.82) is 0 Å². The van der Waals surface area contributed by atoms with Gasteiger partial charge >= 0.3 is 0 Å². The van der Waals surface area contributed by atoms with E-state index in [0.29, 0.717) is 0 Å². The molecule has 22 heavy (non-hydrogen) atoms. The lowest BCUT2D eigenvalue weighted by Crippen LogP contribution is -2.30. The second-order valence-corrected chi connectivity index (χ2v) is 5.94. The smallest absolute Gasteiger partial charge is 0.252 e. The number of imidazole rings is 1. The van der Waals surface area contributed by atoms with Gasteiger partial charge in [0.05, 0.1) is 5.39 Å². The van der Waals surface area contributed by atoms with Gasteiger partial charge < -0.3 is 0 Å². The minimum Gasteiger partial charge on any atom is -0.252 e. The summed E-state index contributed by atoms with van der Waals surface area (Å²) in [6, 6.07) is 19.4. The van der Waals surface area contributed by atoms with Gasteiger partial charge in [-0.05, 0) is 24.3 Å². The van der Waals surface area contributed by atoms with Gasteiger partial charge in [-0.3, -0.25) is 4.98 Å². The van der Waals surface area contributed by atoms with Gasteiger partial charge in [-0.15, -0.1) is 0 Å². The van der Waals surface area contributed by atoms with Gasteiger partial charge in [0.15, 0.2) is 16.6 Å². The van der Waals surface area contributed by atoms with Gasteiger partial charge in [-0.25, -0.2) is 4.57 Å². The van der Waals surface area contributed by atoms with Crippen LogP contribution in [0.15, 0.2) is 60.8 Å². The summed E-state index contributed by atoms with van der Waals surface area (Å²) in [4.78, 5) is 4.68. The van der Waals surface area contributed by atoms with Crippen molar-refractivity contribution in [3.05, 3.63) is 66.4 Å². The van der Waals surface area contributed by atoms with Gasteiger partial charge in [0.25, 0.3) is 5.65 Å². The van der Waals surface area contributed by atoms with Crippen molar-refractivity contribution in [2.24, 2.45) is 0 Å². The van der Waals surface area contributed by atoms with Crippen LogP contribution in [0.4, 0.5) is 0 Å². The van der Waals surface area contributed by atoms with Crippen LogP contribution in [0.1, 0.15) is 5.56 Å². The average molecular weight is 282 g/mol. The molecular formula is C19H12N3+. The largest absolute Gasteiger partial charge is 0.296 e. The summed E-state index contributed by atoms with van der Waals surface area (Å²) in [5.74, 6) is 0. The predicted molar refractivity (Wildman–Crippen MR) is 87.0 cm³/mol. The topological polar surface area (TPSA) is 21.2 Å². The summed E-state index contributed by atoms with van der Waals surface area (Å²) in [6.45, 7) is 0.944. The van der Waals surface area contributed by atoms with E-state index in [-0.39, 0.29) is 0 Å². The molecule has 0 spiro atoms. The Bertz CT molecular complexity index is 1250. The third-order valence-corrected chi connectivity index (χ3v) is 4.87. The van der Waals surface area contributed by atoms with Crippen LogP contribution in [0.3, 0.4) is 0 Å². The van der Waals surface area contributed by atoms with Crippen LogP contribution in [0.25, 0.3) is 38.5 Å². The molecule has 3 heteroatoms. The Labute approximate surface area is 126 Å². The van der Waals surface area contributed by atoms with Gasteiger partial charge in [0.2, 0.25) is 0 Å². The first-order chi connectivity index (χ1) is 10.9. The Morgan fingerprint density at radius 3 is 2.82 bits per heavy atom. The van der Waals surface area contributed by atoms with Gasteiger partial charge in [-0.1, -0.05) is 30.3 Å². The van der Waals surface area contributed by atoms with Crippen LogP contribution < -0.4 is 4.57 Å². The molecule has 6 rings (SSSR count). The van der Waals surface area contributed by atoms with Crippen molar-refractivity contribution < 1.29 is 4.57 Å². The zero-order valence-corrected chi connectivity index (χ0v) is 11.8. The molecule has 5 aromatic rings. The van der Waals surface area contributed by atoms with Crippen molar-refractivity contribution in [3.8, 4) is 0 Å². The summed E-state index contributed by atoms with van der Waals surface area (Å²) in [5, 5.41) is 2.61. The molecule has 0 aliphatic carbocycles. The number of benzene rings is 2. The lowest BCUT2D eigenvalue weighted by Gasteiger charge is -2.02. The minimum absolute atomic E-state index is 0.944. The number of hydrogen-bond donors (Lipinski definition) is 0. The minimum atomic E-state index is 0.944. The van der Waals surface area contributed by atoms with Gasteiger partial charge in [-0.2, -0.15) is 4.40 Å². The Morgan fingerprint density at radius 1 is 0.909 bits per heavy atom. The van der Waals surface area contributed by atoms with E-state index in [1.54, 1.807) is 0 Å². The fourth-order valence-corrected chi connectivity index (χ4v) is 4.03. The SMILES string of the molecule is c1cc2c3c(c1)c1ncccc1n1c4ccccc4[n+](c31)C2. The molecule has 0 amide bonds. The normalized spacial score (nSPS) is 13.3. The zero-order valence-electron chi connectivity index (χ0n) is 11.8. The number of rotatable bonds is 0. The van der Waals surface area contributed by atoms with Crippen molar-refractivity contribution in [3.63, 3.8) is 0 Å². The van der Waals surface area contributed by atoms with E-state index >= 15 is 0 Å². The summed E-state index contributed by atoms with van der Waals surface area (Å²) in [5.41, 5.74) is 7.50. The van der Waals surface area contributed by atoms with Gasteiger partial charge in [0.1, 0.15) is 12.1 Å². The molecule has 0 fully saturated rings. The highest BCUT2D eigenvalue weighted by Crippen LogP contribution is 2.35. The van der Waals surface area contributed by atoms with Crippen LogP contribution in [0, 0.1) is 0 Å². The number of aromatic nitrogens is 3. The van der Waals surface area contributed by atoms with E-state index < -0.39 is 0 Å². The Balaban J connectivity index is 2.13. The van der Waals surface area contributed by atoms with E-state index in [1.807, 2.05) is 12.3 Å². The molecule has 0 saturated carbocycles. The van der Waals surface area contributed by atoms with E-state index in [2.05, 4.69) is 62.5 Å². The molecule has 0 bridgehead atoms. The third kappa shape index (κ3) is 1.04. The molecule has 0 N–H and O–H groups in total. The monoisotopic (exact) mass is 282 g/mol. The quantitative estimate of drug-likeness (QED) is 0.309. The van der Waals surface area contributed by atoms with Crippen LogP contribution >= 0.6 is 0 Å². The fourth-order valence-electron chi connectivity index (χ4n) is 4.03. The maximum absolute atomic E-state index is 4.68. The van der Waals surface area contributed by atoms with Crippen LogP contribution in [0.5, 0.6) is 0 Å². The predicted octanol–water partition coefficient (Wildman–Crippen LogP) is 3.44. The van der Waals surface area contributed by atoms with Crippen LogP contribution in [0.2, 0.25) is 0 Å². The van der Waals surface area contributed by atoms with Gasteiger partial charge in [0, 0.05) is 17.1 Å². The average Bonchev–Trinajstić information content (AvgIpc) is 3.10. The number of para-hydroxylation sites is 2. The third-order valence-electron chi connectivity index (χ3n) is 4.87. The van der Waals surface area contributed by atoms with Crippen LogP contribution in [-0.2, 0) is 6.54 Å². The summed E-state index contributed by atoms with van der Waals surface area (Å²) >= 11 is 0. The molecule has 2 aromatic carbocycles. The number of pyridine rings is 2. The first kappa shape index (κ1) is 10.7. The molecule has 102 valence electrons. The standard InChI is InChI=1S/C19H12N3/c1-2-8-15-14(7-1)21-11-12-5-3-6-13-17(12)19(21)22(15)16-9-4-10-20-18(13)16/h1-10H,11H2/q+1. The fraction of sp³-hybridized carbons (Fsp3) is 0.0526. The molecule has 1 aliphatic heterocycles. The first-order valence-corrected chi connectivity index (χ1v) is 7.55. The lowest BCUT2D eigenvalue weighted by atomic mass is 10.1. The molecule has 1 aliphatic rings. The highest BCUT2D eigenvalue weighted by molar-refractivity contribution is 6.12. The second kappa shape index (κ2) is 3.45. The maximum Gasteiger partial charge on any atom is 0.296 e. The Morgan fingerprint density at radius 2 is 1.82 bits per heavy atom. The number of fused-ring (bicyclic) bond motifs is 6. The summed E-state index contributed by atoms with van der Waals surface area (Å²) in [7, 11) is 0. The maximum atomic E-state index is 4.68. The molecule has 3 aromatic heterocycles. The highest BCUT2D eigenvalue weighted by atomic mass is 15.1. The van der Waals surface area contributed by atoms with Crippen molar-refractivity contribution in [2.75, 3.05) is 0 Å². The molecule has 4 heterocycles. The van der Waals surface area contributed by atoms with Crippen LogP contribution in [-0.4, -0.2) is 9.38 Å². The molecule has 0 saturated heterocycles. The molecular weight excluding hydrogens is 270 g/mol. The molecule has 0 unspecified atom stereocenters. The van der Waals surface area contributed by atoms with E-state index in [9.17, 15) is 0 Å². The number of nitrogens with zero attached hydrogens (tertiary/aromatic N) is 3. The molecule has 3 nitrogen and oxygen atoms in total. The lowest BCUT2D eigenvalue weighted by molar-refractivity contribution is -0.631. The molecule has 0 radical (unpaired) electrons. The first-order valence-electron chi connectivity index (χ1n) is 7.55. The second-order valence-electron chi connectivity index (χ2n) is 5.94. The van der Waals surface area contributed by atoms with Crippen molar-refractivity contribution in [1.82, 2.24) is 9.38 Å². The van der Waals surface area contributed by atoms with E-state index in [1.165, 1.54) is 38.5 Å². The summed E-state index contributed by atoms with van der Waals surface area (Å²) < 4.78 is 4.80.